The van der Waals surface area contributed by atoms with Crippen molar-refractivity contribution in [2.75, 3.05) is 0 Å². The van der Waals surface area contributed by atoms with Crippen LogP contribution in [0.15, 0.2) is 67.3 Å². The summed E-state index contributed by atoms with van der Waals surface area (Å²) in [6, 6.07) is 15.0. The van der Waals surface area contributed by atoms with Crippen LogP contribution in [0.3, 0.4) is 0 Å². The smallest absolute Gasteiger partial charge is 0.416 e. The molecule has 148 valence electrons. The quantitative estimate of drug-likeness (QED) is 0.613. The first-order valence-electron chi connectivity index (χ1n) is 8.73. The predicted octanol–water partition coefficient (Wildman–Crippen LogP) is 1.17. The summed E-state index contributed by atoms with van der Waals surface area (Å²) < 4.78 is 46.3. The van der Waals surface area contributed by atoms with Gasteiger partial charge in [0.1, 0.15) is 6.10 Å². The number of nitrogens with zero attached hydrogens (tertiary/aromatic N) is 2. The second kappa shape index (κ2) is 7.93. The van der Waals surface area contributed by atoms with Crippen LogP contribution in [0.5, 0.6) is 0 Å². The highest BCUT2D eigenvalue weighted by Crippen LogP contribution is 2.54. The highest BCUT2D eigenvalue weighted by atomic mass is 35.5. The lowest BCUT2D eigenvalue weighted by molar-refractivity contribution is -0.379. The second-order valence-corrected chi connectivity index (χ2v) is 6.78. The molecule has 4 rings (SSSR count). The standard InChI is InChI=1S/C20H18F3N3O.ClH/c21-20(22,23)17-8-6-15(7-9-17)12-27-18(16-4-2-1-3-5-16)19(10-11-19)26-14-24-13-25-26;/h1-9,13-14,18H,10-12H2;1H. The zero-order valence-corrected chi connectivity index (χ0v) is 15.6. The lowest BCUT2D eigenvalue weighted by Gasteiger charge is -2.24. The van der Waals surface area contributed by atoms with E-state index in [1.165, 1.54) is 12.1 Å². The van der Waals surface area contributed by atoms with Crippen molar-refractivity contribution in [3.63, 3.8) is 0 Å². The summed E-state index contributed by atoms with van der Waals surface area (Å²) in [5.74, 6) is 0. The summed E-state index contributed by atoms with van der Waals surface area (Å²) in [5, 5.41) is 4.35. The van der Waals surface area contributed by atoms with Crippen molar-refractivity contribution in [1.82, 2.24) is 9.78 Å². The second-order valence-electron chi connectivity index (χ2n) is 6.78. The maximum atomic E-state index is 12.7. The Morgan fingerprint density at radius 2 is 1.75 bits per heavy atom. The molecule has 0 aliphatic heterocycles. The molecule has 1 N–H and O–H groups in total. The van der Waals surface area contributed by atoms with Crippen LogP contribution in [-0.2, 0) is 23.1 Å². The van der Waals surface area contributed by atoms with Gasteiger partial charge in [0, 0.05) is 5.10 Å². The minimum atomic E-state index is -4.33. The van der Waals surface area contributed by atoms with Crippen molar-refractivity contribution in [3.05, 3.63) is 83.9 Å². The molecule has 1 aliphatic rings. The summed E-state index contributed by atoms with van der Waals surface area (Å²) in [6.07, 6.45) is 0.710. The topological polar surface area (TPSA) is 41.2 Å². The summed E-state index contributed by atoms with van der Waals surface area (Å²) in [6.45, 7) is 0.227. The monoisotopic (exact) mass is 409 g/mol. The first-order chi connectivity index (χ1) is 13.0. The summed E-state index contributed by atoms with van der Waals surface area (Å²) in [4.78, 5) is 2.97. The number of rotatable bonds is 6. The van der Waals surface area contributed by atoms with Crippen molar-refractivity contribution in [1.29, 1.82) is 0 Å². The van der Waals surface area contributed by atoms with Crippen LogP contribution in [0.25, 0.3) is 0 Å². The van der Waals surface area contributed by atoms with Gasteiger partial charge in [-0.3, -0.25) is 4.98 Å². The Labute approximate surface area is 166 Å². The number of aromatic nitrogens is 3. The zero-order chi connectivity index (χ0) is 18.9. The van der Waals surface area contributed by atoms with E-state index in [0.717, 1.165) is 30.5 Å². The Morgan fingerprint density at radius 1 is 1.07 bits per heavy atom. The third-order valence-corrected chi connectivity index (χ3v) is 4.96. The molecule has 0 saturated heterocycles. The molecule has 8 heteroatoms. The largest absolute Gasteiger partial charge is 1.00 e. The molecule has 1 atom stereocenters. The van der Waals surface area contributed by atoms with Crippen LogP contribution in [0.4, 0.5) is 13.2 Å². The number of benzene rings is 2. The van der Waals surface area contributed by atoms with Gasteiger partial charge in [0.25, 0.3) is 6.33 Å². The molecule has 0 radical (unpaired) electrons. The van der Waals surface area contributed by atoms with E-state index in [9.17, 15) is 13.2 Å². The van der Waals surface area contributed by atoms with E-state index in [0.29, 0.717) is 5.56 Å². The van der Waals surface area contributed by atoms with Crippen LogP contribution in [0.2, 0.25) is 0 Å². The first kappa shape index (κ1) is 20.4. The van der Waals surface area contributed by atoms with Gasteiger partial charge in [-0.2, -0.15) is 13.2 Å². The SMILES string of the molecule is FC(F)(F)c1ccc(COC(c2ccccc2)C2(n3c[nH+]cn3)CC2)cc1.[Cl-]. The maximum Gasteiger partial charge on any atom is 0.416 e. The van der Waals surface area contributed by atoms with Crippen molar-refractivity contribution < 1.29 is 35.3 Å². The Morgan fingerprint density at radius 3 is 2.29 bits per heavy atom. The van der Waals surface area contributed by atoms with Gasteiger partial charge >= 0.3 is 6.18 Å². The zero-order valence-electron chi connectivity index (χ0n) is 14.9. The molecule has 0 amide bonds. The number of ether oxygens (including phenoxy) is 1. The first-order valence-corrected chi connectivity index (χ1v) is 8.73. The number of nitrogens with one attached hydrogen (secondary N) is 1. The van der Waals surface area contributed by atoms with E-state index in [1.807, 2.05) is 41.3 Å². The van der Waals surface area contributed by atoms with E-state index < -0.39 is 11.7 Å². The third kappa shape index (κ3) is 4.05. The van der Waals surface area contributed by atoms with Crippen molar-refractivity contribution in [2.24, 2.45) is 0 Å². The van der Waals surface area contributed by atoms with E-state index >= 15 is 0 Å². The number of hydrogen-bond donors (Lipinski definition) is 0. The Bertz CT molecular complexity index is 879. The molecule has 2 aromatic carbocycles. The Hall–Kier alpha value is -2.38. The van der Waals surface area contributed by atoms with Crippen LogP contribution in [0.1, 0.15) is 35.6 Å². The van der Waals surface area contributed by atoms with Gasteiger partial charge in [0.15, 0.2) is 5.54 Å². The summed E-state index contributed by atoms with van der Waals surface area (Å²) >= 11 is 0. The normalized spacial score (nSPS) is 16.2. The highest BCUT2D eigenvalue weighted by Gasteiger charge is 2.58. The number of H-pyrrole nitrogens is 1. The van der Waals surface area contributed by atoms with Crippen LogP contribution in [-0.4, -0.2) is 9.78 Å². The molecule has 0 bridgehead atoms. The average Bonchev–Trinajstić information content (AvgIpc) is 3.26. The van der Waals surface area contributed by atoms with Gasteiger partial charge in [-0.1, -0.05) is 42.5 Å². The molecular weight excluding hydrogens is 391 g/mol. The van der Waals surface area contributed by atoms with Crippen molar-refractivity contribution in [2.45, 2.75) is 37.3 Å². The van der Waals surface area contributed by atoms with Crippen LogP contribution >= 0.6 is 0 Å². The van der Waals surface area contributed by atoms with E-state index in [4.69, 9.17) is 4.74 Å². The third-order valence-electron chi connectivity index (χ3n) is 4.96. The molecule has 1 saturated carbocycles. The average molecular weight is 410 g/mol. The van der Waals surface area contributed by atoms with Crippen LogP contribution < -0.4 is 17.4 Å². The predicted molar refractivity (Wildman–Crippen MR) is 91.4 cm³/mol. The molecule has 3 aromatic rings. The van der Waals surface area contributed by atoms with Gasteiger partial charge in [0.05, 0.1) is 12.2 Å². The van der Waals surface area contributed by atoms with Crippen LogP contribution in [0, 0.1) is 0 Å². The lowest BCUT2D eigenvalue weighted by Crippen LogP contribution is -3.00. The fraction of sp³-hybridized carbons (Fsp3) is 0.300. The molecule has 1 heterocycles. The van der Waals surface area contributed by atoms with E-state index in [2.05, 4.69) is 10.1 Å². The number of halogens is 4. The minimum Gasteiger partial charge on any atom is -1.00 e. The summed E-state index contributed by atoms with van der Waals surface area (Å²) in [7, 11) is 0. The molecule has 0 spiro atoms. The molecule has 4 nitrogen and oxygen atoms in total. The molecular formula is C20H19ClF3N3O. The van der Waals surface area contributed by atoms with E-state index in [1.54, 1.807) is 6.33 Å². The van der Waals surface area contributed by atoms with Gasteiger partial charge in [-0.25, -0.2) is 0 Å². The van der Waals surface area contributed by atoms with Crippen molar-refractivity contribution >= 4 is 0 Å². The van der Waals surface area contributed by atoms with E-state index in [-0.39, 0.29) is 30.7 Å². The fourth-order valence-corrected chi connectivity index (χ4v) is 3.37. The Kier molecular flexibility index (Phi) is 5.76. The number of aromatic amines is 1. The lowest BCUT2D eigenvalue weighted by atomic mass is 10.00. The molecule has 28 heavy (non-hydrogen) atoms. The summed E-state index contributed by atoms with van der Waals surface area (Å²) in [5.41, 5.74) is 0.800. The molecule has 1 aliphatic carbocycles. The Balaban J connectivity index is 0.00000225. The minimum absolute atomic E-state index is 0. The van der Waals surface area contributed by atoms with Gasteiger partial charge in [-0.15, -0.1) is 4.68 Å². The molecule has 1 aromatic heterocycles. The van der Waals surface area contributed by atoms with Gasteiger partial charge in [-0.05, 0) is 36.1 Å². The maximum absolute atomic E-state index is 12.7. The van der Waals surface area contributed by atoms with Crippen molar-refractivity contribution in [3.8, 4) is 0 Å². The number of hydrogen-bond acceptors (Lipinski definition) is 2. The number of alkyl halides is 3. The molecule has 1 fully saturated rings. The van der Waals surface area contributed by atoms with Gasteiger partial charge < -0.3 is 17.1 Å². The fourth-order valence-electron chi connectivity index (χ4n) is 3.37. The van der Waals surface area contributed by atoms with Gasteiger partial charge in [0.2, 0.25) is 6.33 Å². The molecule has 1 unspecified atom stereocenters. The highest BCUT2D eigenvalue weighted by molar-refractivity contribution is 5.26.